The van der Waals surface area contributed by atoms with Gasteiger partial charge in [0.15, 0.2) is 0 Å². The summed E-state index contributed by atoms with van der Waals surface area (Å²) >= 11 is 0. The van der Waals surface area contributed by atoms with Crippen molar-refractivity contribution in [2.75, 3.05) is 20.2 Å². The predicted molar refractivity (Wildman–Crippen MR) is 101 cm³/mol. The minimum absolute atomic E-state index is 0.0186. The zero-order valence-electron chi connectivity index (χ0n) is 16.6. The SMILES string of the molecule is CCC(OC(=O)C1(CC(=O)OC)CCNCC1)c1ccc(C(C)C)cc1F. The van der Waals surface area contributed by atoms with Crippen LogP contribution in [0.5, 0.6) is 0 Å². The van der Waals surface area contributed by atoms with Crippen LogP contribution in [0.1, 0.15) is 69.6 Å². The Morgan fingerprint density at radius 1 is 1.26 bits per heavy atom. The molecule has 1 aliphatic rings. The lowest BCUT2D eigenvalue weighted by atomic mass is 9.76. The topological polar surface area (TPSA) is 64.6 Å². The molecule has 1 aromatic rings. The Bertz CT molecular complexity index is 668. The molecule has 150 valence electrons. The van der Waals surface area contributed by atoms with Gasteiger partial charge in [-0.05, 0) is 49.9 Å². The van der Waals surface area contributed by atoms with Crippen molar-refractivity contribution in [2.45, 2.75) is 58.5 Å². The van der Waals surface area contributed by atoms with Crippen LogP contribution in [0.15, 0.2) is 18.2 Å². The average Bonchev–Trinajstić information content (AvgIpc) is 2.66. The van der Waals surface area contributed by atoms with Crippen molar-refractivity contribution in [2.24, 2.45) is 5.41 Å². The number of ether oxygens (including phenoxy) is 2. The first-order chi connectivity index (χ1) is 12.8. The summed E-state index contributed by atoms with van der Waals surface area (Å²) in [6.45, 7) is 7.10. The van der Waals surface area contributed by atoms with Crippen LogP contribution in [0.4, 0.5) is 4.39 Å². The number of piperidine rings is 1. The van der Waals surface area contributed by atoms with E-state index in [1.54, 1.807) is 6.07 Å². The number of halogens is 1. The molecule has 1 fully saturated rings. The van der Waals surface area contributed by atoms with E-state index in [2.05, 4.69) is 5.32 Å². The summed E-state index contributed by atoms with van der Waals surface area (Å²) in [5.74, 6) is -1.04. The Kier molecular flexibility index (Phi) is 7.36. The highest BCUT2D eigenvalue weighted by Gasteiger charge is 2.44. The molecule has 0 radical (unpaired) electrons. The fourth-order valence-corrected chi connectivity index (χ4v) is 3.49. The van der Waals surface area contributed by atoms with Crippen LogP contribution < -0.4 is 5.32 Å². The molecule has 1 aliphatic heterocycles. The van der Waals surface area contributed by atoms with E-state index < -0.39 is 23.5 Å². The van der Waals surface area contributed by atoms with Crippen molar-refractivity contribution in [3.63, 3.8) is 0 Å². The molecule has 5 nitrogen and oxygen atoms in total. The lowest BCUT2D eigenvalue weighted by Crippen LogP contribution is -2.45. The molecule has 1 saturated heterocycles. The first kappa shape index (κ1) is 21.4. The molecule has 0 aliphatic carbocycles. The molecule has 27 heavy (non-hydrogen) atoms. The van der Waals surface area contributed by atoms with Crippen molar-refractivity contribution in [1.29, 1.82) is 0 Å². The van der Waals surface area contributed by atoms with Crippen LogP contribution in [-0.2, 0) is 19.1 Å². The fourth-order valence-electron chi connectivity index (χ4n) is 3.49. The van der Waals surface area contributed by atoms with Gasteiger partial charge in [-0.2, -0.15) is 0 Å². The molecule has 1 atom stereocenters. The van der Waals surface area contributed by atoms with Crippen LogP contribution in [0.3, 0.4) is 0 Å². The van der Waals surface area contributed by atoms with Crippen LogP contribution in [0.25, 0.3) is 0 Å². The molecule has 0 spiro atoms. The van der Waals surface area contributed by atoms with Crippen LogP contribution >= 0.6 is 0 Å². The number of rotatable bonds is 7. The van der Waals surface area contributed by atoms with E-state index in [4.69, 9.17) is 9.47 Å². The maximum absolute atomic E-state index is 14.6. The van der Waals surface area contributed by atoms with E-state index in [0.717, 1.165) is 5.56 Å². The number of carbonyl (C=O) groups excluding carboxylic acids is 2. The van der Waals surface area contributed by atoms with Gasteiger partial charge in [0.25, 0.3) is 0 Å². The molecule has 0 bridgehead atoms. The van der Waals surface area contributed by atoms with Crippen LogP contribution in [0.2, 0.25) is 0 Å². The Balaban J connectivity index is 2.22. The van der Waals surface area contributed by atoms with Gasteiger partial charge in [0.2, 0.25) is 0 Å². The number of carbonyl (C=O) groups is 2. The zero-order valence-corrected chi connectivity index (χ0v) is 16.6. The molecule has 6 heteroatoms. The Labute approximate surface area is 160 Å². The first-order valence-electron chi connectivity index (χ1n) is 9.61. The third-order valence-corrected chi connectivity index (χ3v) is 5.36. The van der Waals surface area contributed by atoms with Gasteiger partial charge >= 0.3 is 11.9 Å². The van der Waals surface area contributed by atoms with Gasteiger partial charge in [0.05, 0.1) is 18.9 Å². The van der Waals surface area contributed by atoms with Crippen molar-refractivity contribution in [1.82, 2.24) is 5.32 Å². The van der Waals surface area contributed by atoms with Gasteiger partial charge in [0.1, 0.15) is 11.9 Å². The average molecular weight is 379 g/mol. The third-order valence-electron chi connectivity index (χ3n) is 5.36. The lowest BCUT2D eigenvalue weighted by Gasteiger charge is -2.35. The number of benzene rings is 1. The standard InChI is InChI=1S/C21H30FNO4/c1-5-18(16-7-6-15(14(2)3)12-17(16)22)27-20(25)21(13-19(24)26-4)8-10-23-11-9-21/h6-7,12,14,18,23H,5,8-11,13H2,1-4H3. The first-order valence-corrected chi connectivity index (χ1v) is 9.61. The van der Waals surface area contributed by atoms with Crippen LogP contribution in [0, 0.1) is 11.2 Å². The number of hydrogen-bond acceptors (Lipinski definition) is 5. The predicted octanol–water partition coefficient (Wildman–Crippen LogP) is 3.88. The molecular formula is C21H30FNO4. The maximum Gasteiger partial charge on any atom is 0.313 e. The Hall–Kier alpha value is -1.95. The summed E-state index contributed by atoms with van der Waals surface area (Å²) in [6, 6.07) is 5.07. The van der Waals surface area contributed by atoms with E-state index in [0.29, 0.717) is 37.9 Å². The molecule has 0 amide bonds. The molecule has 1 unspecified atom stereocenters. The molecule has 0 saturated carbocycles. The zero-order chi connectivity index (χ0) is 20.0. The minimum Gasteiger partial charge on any atom is -0.469 e. The largest absolute Gasteiger partial charge is 0.469 e. The summed E-state index contributed by atoms with van der Waals surface area (Å²) in [5, 5.41) is 3.19. The molecular weight excluding hydrogens is 349 g/mol. The highest BCUT2D eigenvalue weighted by molar-refractivity contribution is 5.83. The number of hydrogen-bond donors (Lipinski definition) is 1. The van der Waals surface area contributed by atoms with Crippen molar-refractivity contribution in [3.8, 4) is 0 Å². The van der Waals surface area contributed by atoms with E-state index in [-0.39, 0.29) is 18.2 Å². The summed E-state index contributed by atoms with van der Waals surface area (Å²) in [6.07, 6.45) is 0.743. The second-order valence-electron chi connectivity index (χ2n) is 7.52. The number of nitrogens with one attached hydrogen (secondary N) is 1. The fraction of sp³-hybridized carbons (Fsp3) is 0.619. The van der Waals surface area contributed by atoms with Gasteiger partial charge in [0, 0.05) is 5.56 Å². The highest BCUT2D eigenvalue weighted by atomic mass is 19.1. The Morgan fingerprint density at radius 3 is 2.44 bits per heavy atom. The van der Waals surface area contributed by atoms with E-state index in [1.165, 1.54) is 13.2 Å². The number of esters is 2. The van der Waals surface area contributed by atoms with Gasteiger partial charge in [-0.3, -0.25) is 9.59 Å². The van der Waals surface area contributed by atoms with Crippen molar-refractivity contribution < 1.29 is 23.5 Å². The van der Waals surface area contributed by atoms with Crippen LogP contribution in [-0.4, -0.2) is 32.1 Å². The second kappa shape index (κ2) is 9.31. The lowest BCUT2D eigenvalue weighted by molar-refractivity contribution is -0.169. The van der Waals surface area contributed by atoms with Crippen molar-refractivity contribution >= 4 is 11.9 Å². The smallest absolute Gasteiger partial charge is 0.313 e. The van der Waals surface area contributed by atoms with Gasteiger partial charge in [-0.25, -0.2) is 4.39 Å². The molecule has 2 rings (SSSR count). The summed E-state index contributed by atoms with van der Waals surface area (Å²) in [4.78, 5) is 24.9. The summed E-state index contributed by atoms with van der Waals surface area (Å²) in [5.41, 5.74) is 0.357. The molecule has 1 aromatic carbocycles. The summed E-state index contributed by atoms with van der Waals surface area (Å²) in [7, 11) is 1.31. The maximum atomic E-state index is 14.6. The molecule has 1 N–H and O–H groups in total. The van der Waals surface area contributed by atoms with Gasteiger partial charge < -0.3 is 14.8 Å². The van der Waals surface area contributed by atoms with Crippen molar-refractivity contribution in [3.05, 3.63) is 35.1 Å². The highest BCUT2D eigenvalue weighted by Crippen LogP contribution is 2.37. The monoisotopic (exact) mass is 379 g/mol. The molecule has 1 heterocycles. The number of methoxy groups -OCH3 is 1. The molecule has 0 aromatic heterocycles. The Morgan fingerprint density at radius 2 is 1.93 bits per heavy atom. The van der Waals surface area contributed by atoms with Gasteiger partial charge in [-0.1, -0.05) is 32.9 Å². The third kappa shape index (κ3) is 5.06. The summed E-state index contributed by atoms with van der Waals surface area (Å²) < 4.78 is 25.1. The quantitative estimate of drug-likeness (QED) is 0.729. The van der Waals surface area contributed by atoms with E-state index in [9.17, 15) is 14.0 Å². The second-order valence-corrected chi connectivity index (χ2v) is 7.52. The minimum atomic E-state index is -0.917. The van der Waals surface area contributed by atoms with Gasteiger partial charge in [-0.15, -0.1) is 0 Å². The van der Waals surface area contributed by atoms with E-state index >= 15 is 0 Å². The normalized spacial score (nSPS) is 17.4. The van der Waals surface area contributed by atoms with E-state index in [1.807, 2.05) is 26.8 Å².